The third-order valence-corrected chi connectivity index (χ3v) is 2.81. The summed E-state index contributed by atoms with van der Waals surface area (Å²) in [6, 6.07) is 5.75. The van der Waals surface area contributed by atoms with Crippen LogP contribution in [-0.4, -0.2) is 10.8 Å². The average molecular weight is 281 g/mol. The highest BCUT2D eigenvalue weighted by molar-refractivity contribution is 6.32. The van der Waals surface area contributed by atoms with E-state index in [4.69, 9.17) is 16.0 Å². The van der Waals surface area contributed by atoms with Crippen LogP contribution in [0, 0.1) is 17.0 Å². The number of carbonyl (C=O) groups is 1. The molecule has 0 bridgehead atoms. The second-order valence-electron chi connectivity index (χ2n) is 3.82. The Balaban J connectivity index is 2.21. The average Bonchev–Trinajstić information content (AvgIpc) is 2.75. The van der Waals surface area contributed by atoms with Crippen LogP contribution in [0.3, 0.4) is 0 Å². The number of halogens is 1. The summed E-state index contributed by atoms with van der Waals surface area (Å²) in [5, 5.41) is 13.3. The number of amides is 1. The second kappa shape index (κ2) is 5.11. The molecule has 0 aliphatic rings. The van der Waals surface area contributed by atoms with Gasteiger partial charge in [0.25, 0.3) is 11.6 Å². The molecule has 0 radical (unpaired) electrons. The normalized spacial score (nSPS) is 10.2. The lowest BCUT2D eigenvalue weighted by atomic mass is 10.2. The fraction of sp³-hybridized carbons (Fsp3) is 0.0833. The molecule has 0 fully saturated rings. The number of carbonyl (C=O) groups excluding carboxylic acids is 1. The van der Waals surface area contributed by atoms with Gasteiger partial charge in [-0.25, -0.2) is 0 Å². The molecule has 1 aromatic heterocycles. The maximum Gasteiger partial charge on any atom is 0.272 e. The van der Waals surface area contributed by atoms with Crippen molar-refractivity contribution in [1.29, 1.82) is 0 Å². The molecule has 1 aromatic carbocycles. The van der Waals surface area contributed by atoms with Gasteiger partial charge in [-0.15, -0.1) is 0 Å². The van der Waals surface area contributed by atoms with Crippen LogP contribution in [0.1, 0.15) is 15.9 Å². The standard InChI is InChI=1S/C12H9ClN2O4/c1-7-6-8(2-3-10(7)15(17)18)14-12(16)9-4-5-19-11(9)13/h2-6H,1H3,(H,14,16). The summed E-state index contributed by atoms with van der Waals surface area (Å²) in [5.74, 6) is -0.438. The Labute approximate surface area is 113 Å². The van der Waals surface area contributed by atoms with Gasteiger partial charge in [0.15, 0.2) is 0 Å². The molecule has 0 spiro atoms. The minimum atomic E-state index is -0.478. The molecule has 2 aromatic rings. The first-order chi connectivity index (χ1) is 8.99. The number of furan rings is 1. The molecular formula is C12H9ClN2O4. The minimum Gasteiger partial charge on any atom is -0.452 e. The maximum atomic E-state index is 11.8. The maximum absolute atomic E-state index is 11.8. The number of nitro groups is 1. The lowest BCUT2D eigenvalue weighted by molar-refractivity contribution is -0.385. The largest absolute Gasteiger partial charge is 0.452 e. The van der Waals surface area contributed by atoms with Crippen molar-refractivity contribution in [1.82, 2.24) is 0 Å². The summed E-state index contributed by atoms with van der Waals surface area (Å²) in [5.41, 5.74) is 1.11. The molecule has 6 nitrogen and oxygen atoms in total. The number of nitrogens with zero attached hydrogens (tertiary/aromatic N) is 1. The number of nitrogens with one attached hydrogen (secondary N) is 1. The Morgan fingerprint density at radius 3 is 2.68 bits per heavy atom. The van der Waals surface area contributed by atoms with Gasteiger partial charge in [0.1, 0.15) is 0 Å². The second-order valence-corrected chi connectivity index (χ2v) is 4.16. The highest BCUT2D eigenvalue weighted by Gasteiger charge is 2.15. The topological polar surface area (TPSA) is 85.4 Å². The van der Waals surface area contributed by atoms with E-state index < -0.39 is 10.8 Å². The smallest absolute Gasteiger partial charge is 0.272 e. The zero-order valence-corrected chi connectivity index (χ0v) is 10.6. The molecule has 0 unspecified atom stereocenters. The fourth-order valence-corrected chi connectivity index (χ4v) is 1.79. The number of hydrogen-bond acceptors (Lipinski definition) is 4. The van der Waals surface area contributed by atoms with Gasteiger partial charge in [0.2, 0.25) is 5.22 Å². The quantitative estimate of drug-likeness (QED) is 0.689. The van der Waals surface area contributed by atoms with E-state index in [-0.39, 0.29) is 16.5 Å². The van der Waals surface area contributed by atoms with Crippen LogP contribution in [0.25, 0.3) is 0 Å². The van der Waals surface area contributed by atoms with Crippen LogP contribution in [0.2, 0.25) is 5.22 Å². The molecular weight excluding hydrogens is 272 g/mol. The van der Waals surface area contributed by atoms with E-state index in [9.17, 15) is 14.9 Å². The Hall–Kier alpha value is -2.34. The van der Waals surface area contributed by atoms with Gasteiger partial charge < -0.3 is 9.73 Å². The molecule has 1 heterocycles. The lowest BCUT2D eigenvalue weighted by Gasteiger charge is -2.05. The summed E-state index contributed by atoms with van der Waals surface area (Å²) in [6.45, 7) is 1.60. The van der Waals surface area contributed by atoms with Crippen molar-refractivity contribution in [3.8, 4) is 0 Å². The number of nitro benzene ring substituents is 1. The van der Waals surface area contributed by atoms with Gasteiger partial charge in [0, 0.05) is 17.3 Å². The molecule has 98 valence electrons. The van der Waals surface area contributed by atoms with Gasteiger partial charge in [0.05, 0.1) is 16.7 Å². The number of hydrogen-bond donors (Lipinski definition) is 1. The molecule has 0 saturated carbocycles. The minimum absolute atomic E-state index is 0.000609. The Morgan fingerprint density at radius 2 is 2.16 bits per heavy atom. The molecule has 0 aliphatic heterocycles. The molecule has 7 heteroatoms. The third kappa shape index (κ3) is 2.74. The van der Waals surface area contributed by atoms with E-state index in [1.807, 2.05) is 0 Å². The van der Waals surface area contributed by atoms with Crippen LogP contribution < -0.4 is 5.32 Å². The lowest BCUT2D eigenvalue weighted by Crippen LogP contribution is -2.11. The first-order valence-corrected chi connectivity index (χ1v) is 5.66. The van der Waals surface area contributed by atoms with Crippen molar-refractivity contribution in [2.24, 2.45) is 0 Å². The molecule has 0 aliphatic carbocycles. The number of rotatable bonds is 3. The molecule has 0 saturated heterocycles. The van der Waals surface area contributed by atoms with Crippen molar-refractivity contribution in [2.45, 2.75) is 6.92 Å². The number of benzene rings is 1. The van der Waals surface area contributed by atoms with E-state index in [0.29, 0.717) is 11.3 Å². The molecule has 2 rings (SSSR count). The predicted octanol–water partition coefficient (Wildman–Crippen LogP) is 3.40. The number of anilines is 1. The van der Waals surface area contributed by atoms with E-state index >= 15 is 0 Å². The van der Waals surface area contributed by atoms with E-state index in [1.165, 1.54) is 30.5 Å². The summed E-state index contributed by atoms with van der Waals surface area (Å²) < 4.78 is 4.81. The van der Waals surface area contributed by atoms with Crippen LogP contribution >= 0.6 is 11.6 Å². The fourth-order valence-electron chi connectivity index (χ4n) is 1.59. The van der Waals surface area contributed by atoms with Crippen LogP contribution in [-0.2, 0) is 0 Å². The van der Waals surface area contributed by atoms with Crippen LogP contribution in [0.5, 0.6) is 0 Å². The predicted molar refractivity (Wildman–Crippen MR) is 69.5 cm³/mol. The molecule has 0 atom stereocenters. The van der Waals surface area contributed by atoms with Crippen molar-refractivity contribution >= 4 is 28.9 Å². The van der Waals surface area contributed by atoms with Gasteiger partial charge >= 0.3 is 0 Å². The highest BCUT2D eigenvalue weighted by Crippen LogP contribution is 2.23. The van der Waals surface area contributed by atoms with E-state index in [0.717, 1.165) is 0 Å². The molecule has 1 N–H and O–H groups in total. The Kier molecular flexibility index (Phi) is 3.52. The van der Waals surface area contributed by atoms with E-state index in [2.05, 4.69) is 5.32 Å². The Morgan fingerprint density at radius 1 is 1.42 bits per heavy atom. The zero-order chi connectivity index (χ0) is 14.0. The Bertz CT molecular complexity index is 651. The number of aryl methyl sites for hydroxylation is 1. The first kappa shape index (κ1) is 13.1. The van der Waals surface area contributed by atoms with Crippen LogP contribution in [0.4, 0.5) is 11.4 Å². The third-order valence-electron chi connectivity index (χ3n) is 2.51. The zero-order valence-electron chi connectivity index (χ0n) is 9.84. The van der Waals surface area contributed by atoms with Crippen molar-refractivity contribution < 1.29 is 14.1 Å². The molecule has 1 amide bonds. The van der Waals surface area contributed by atoms with Gasteiger partial charge in [-0.1, -0.05) is 0 Å². The first-order valence-electron chi connectivity index (χ1n) is 5.28. The monoisotopic (exact) mass is 280 g/mol. The van der Waals surface area contributed by atoms with Crippen molar-refractivity contribution in [3.63, 3.8) is 0 Å². The van der Waals surface area contributed by atoms with Crippen LogP contribution in [0.15, 0.2) is 34.9 Å². The molecule has 19 heavy (non-hydrogen) atoms. The summed E-state index contributed by atoms with van der Waals surface area (Å²) >= 11 is 5.68. The summed E-state index contributed by atoms with van der Waals surface area (Å²) in [6.07, 6.45) is 1.30. The highest BCUT2D eigenvalue weighted by atomic mass is 35.5. The van der Waals surface area contributed by atoms with Gasteiger partial charge in [-0.05, 0) is 36.7 Å². The van der Waals surface area contributed by atoms with E-state index in [1.54, 1.807) is 6.92 Å². The van der Waals surface area contributed by atoms with Crippen molar-refractivity contribution in [2.75, 3.05) is 5.32 Å². The van der Waals surface area contributed by atoms with Crippen molar-refractivity contribution in [3.05, 3.63) is 57.0 Å². The SMILES string of the molecule is Cc1cc(NC(=O)c2ccoc2Cl)ccc1[N+](=O)[O-]. The summed E-state index contributed by atoms with van der Waals surface area (Å²) in [4.78, 5) is 22.0. The van der Waals surface area contributed by atoms with Gasteiger partial charge in [-0.3, -0.25) is 14.9 Å². The summed E-state index contributed by atoms with van der Waals surface area (Å²) in [7, 11) is 0. The van der Waals surface area contributed by atoms with Gasteiger partial charge in [-0.2, -0.15) is 0 Å².